The van der Waals surface area contributed by atoms with Crippen LogP contribution < -0.4 is 9.47 Å². The first kappa shape index (κ1) is 21.3. The molecule has 8 heteroatoms. The smallest absolute Gasteiger partial charge is 0.211 e. The van der Waals surface area contributed by atoms with Gasteiger partial charge in [-0.25, -0.2) is 0 Å². The molecule has 0 N–H and O–H groups in total. The monoisotopic (exact) mass is 389 g/mol. The van der Waals surface area contributed by atoms with Gasteiger partial charge in [-0.05, 0) is 17.7 Å². The molecular weight excluding hydrogens is 366 g/mol. The van der Waals surface area contributed by atoms with Gasteiger partial charge in [0.15, 0.2) is 30.9 Å². The summed E-state index contributed by atoms with van der Waals surface area (Å²) in [6.45, 7) is -0.371. The first-order valence-electron chi connectivity index (χ1n) is 8.62. The summed E-state index contributed by atoms with van der Waals surface area (Å²) in [6, 6.07) is 13.7. The van der Waals surface area contributed by atoms with Crippen LogP contribution in [0.1, 0.15) is 28.3 Å². The summed E-state index contributed by atoms with van der Waals surface area (Å²) < 4.78 is 20.8. The molecule has 0 heterocycles. The van der Waals surface area contributed by atoms with Crippen LogP contribution in [0.25, 0.3) is 0 Å². The van der Waals surface area contributed by atoms with E-state index in [0.717, 1.165) is 0 Å². The normalized spacial score (nSPS) is 11.6. The zero-order valence-electron chi connectivity index (χ0n) is 15.8. The number of Topliss-reactive ketones (excluding diaryl/α,β-unsaturated/α-hetero) is 1. The van der Waals surface area contributed by atoms with Gasteiger partial charge in [-0.2, -0.15) is 0 Å². The van der Waals surface area contributed by atoms with E-state index in [0.29, 0.717) is 22.6 Å². The predicted octanol–water partition coefficient (Wildman–Crippen LogP) is 3.29. The van der Waals surface area contributed by atoms with E-state index in [1.807, 2.05) is 6.07 Å². The highest BCUT2D eigenvalue weighted by Gasteiger charge is 2.24. The van der Waals surface area contributed by atoms with Crippen LogP contribution in [0.3, 0.4) is 0 Å². The van der Waals surface area contributed by atoms with Crippen molar-refractivity contribution in [2.75, 3.05) is 34.4 Å². The average molecular weight is 389 g/mol. The fourth-order valence-electron chi connectivity index (χ4n) is 2.69. The van der Waals surface area contributed by atoms with Crippen LogP contribution in [0.4, 0.5) is 0 Å². The maximum Gasteiger partial charge on any atom is 0.211 e. The van der Waals surface area contributed by atoms with E-state index >= 15 is 0 Å². The second-order valence-electron chi connectivity index (χ2n) is 6.01. The summed E-state index contributed by atoms with van der Waals surface area (Å²) in [6.07, 6.45) is 0.00693. The van der Waals surface area contributed by atoms with Crippen LogP contribution in [0.15, 0.2) is 48.5 Å². The molecule has 1 atom stereocenters. The molecule has 0 aromatic heterocycles. The number of carbonyl (C=O) groups is 1. The number of benzene rings is 2. The maximum absolute atomic E-state index is 12.6. The minimum atomic E-state index is -0.607. The van der Waals surface area contributed by atoms with Gasteiger partial charge in [-0.3, -0.25) is 14.9 Å². The third-order valence-corrected chi connectivity index (χ3v) is 4.00. The number of ketones is 1. The second kappa shape index (κ2) is 11.0. The van der Waals surface area contributed by atoms with Crippen molar-refractivity contribution in [3.05, 3.63) is 69.8 Å². The first-order chi connectivity index (χ1) is 13.5. The number of nitro groups is 1. The first-order valence-corrected chi connectivity index (χ1v) is 8.62. The largest absolute Gasteiger partial charge is 0.464 e. The quantitative estimate of drug-likeness (QED) is 0.238. The van der Waals surface area contributed by atoms with Gasteiger partial charge in [0.25, 0.3) is 0 Å². The van der Waals surface area contributed by atoms with E-state index in [2.05, 4.69) is 0 Å². The molecule has 0 saturated heterocycles. The summed E-state index contributed by atoms with van der Waals surface area (Å²) in [5.41, 5.74) is 1.13. The lowest BCUT2D eigenvalue weighted by Crippen LogP contribution is -2.17. The Kier molecular flexibility index (Phi) is 8.38. The molecule has 2 aromatic rings. The molecule has 8 nitrogen and oxygen atoms in total. The molecule has 28 heavy (non-hydrogen) atoms. The van der Waals surface area contributed by atoms with Crippen molar-refractivity contribution in [3.63, 3.8) is 0 Å². The molecule has 0 bridgehead atoms. The van der Waals surface area contributed by atoms with E-state index in [4.69, 9.17) is 18.9 Å². The van der Waals surface area contributed by atoms with E-state index in [1.54, 1.807) is 42.5 Å². The minimum Gasteiger partial charge on any atom is -0.464 e. The van der Waals surface area contributed by atoms with E-state index < -0.39 is 10.8 Å². The zero-order valence-corrected chi connectivity index (χ0v) is 15.8. The summed E-state index contributed by atoms with van der Waals surface area (Å²) in [7, 11) is 2.97. The van der Waals surface area contributed by atoms with E-state index in [9.17, 15) is 14.9 Å². The van der Waals surface area contributed by atoms with E-state index in [-0.39, 0.29) is 32.3 Å². The summed E-state index contributed by atoms with van der Waals surface area (Å²) >= 11 is 0. The fraction of sp³-hybridized carbons (Fsp3) is 0.350. The molecule has 0 amide bonds. The Morgan fingerprint density at radius 2 is 1.64 bits per heavy atom. The van der Waals surface area contributed by atoms with Crippen LogP contribution in [-0.4, -0.2) is 45.1 Å². The van der Waals surface area contributed by atoms with Gasteiger partial charge >= 0.3 is 0 Å². The molecule has 2 rings (SSSR count). The van der Waals surface area contributed by atoms with Crippen molar-refractivity contribution in [1.82, 2.24) is 0 Å². The highest BCUT2D eigenvalue weighted by atomic mass is 16.7. The Balaban J connectivity index is 2.28. The number of ether oxygens (including phenoxy) is 4. The SMILES string of the molecule is COCOc1ccc(C(CC(=O)c2ccccc2)C[N+](=O)[O-])cc1OCOC. The maximum atomic E-state index is 12.6. The van der Waals surface area contributed by atoms with Gasteiger partial charge < -0.3 is 18.9 Å². The molecular formula is C20H23NO7. The van der Waals surface area contributed by atoms with Gasteiger partial charge in [0, 0.05) is 31.1 Å². The van der Waals surface area contributed by atoms with Crippen LogP contribution in [0.5, 0.6) is 11.5 Å². The molecule has 2 aromatic carbocycles. The number of rotatable bonds is 12. The number of hydrogen-bond donors (Lipinski definition) is 0. The van der Waals surface area contributed by atoms with Gasteiger partial charge in [-0.15, -0.1) is 0 Å². The molecule has 0 saturated carbocycles. The lowest BCUT2D eigenvalue weighted by atomic mass is 9.91. The lowest BCUT2D eigenvalue weighted by molar-refractivity contribution is -0.483. The molecule has 150 valence electrons. The average Bonchev–Trinajstić information content (AvgIpc) is 2.70. The topological polar surface area (TPSA) is 97.1 Å². The van der Waals surface area contributed by atoms with Crippen molar-refractivity contribution in [3.8, 4) is 11.5 Å². The van der Waals surface area contributed by atoms with Crippen molar-refractivity contribution in [1.29, 1.82) is 0 Å². The van der Waals surface area contributed by atoms with Gasteiger partial charge in [0.1, 0.15) is 0 Å². The Morgan fingerprint density at radius 1 is 1.00 bits per heavy atom. The van der Waals surface area contributed by atoms with Gasteiger partial charge in [0.2, 0.25) is 6.54 Å². The third-order valence-electron chi connectivity index (χ3n) is 4.00. The molecule has 0 aliphatic heterocycles. The van der Waals surface area contributed by atoms with E-state index in [1.165, 1.54) is 14.2 Å². The number of methoxy groups -OCH3 is 2. The summed E-state index contributed by atoms with van der Waals surface area (Å²) in [5, 5.41) is 11.2. The zero-order chi connectivity index (χ0) is 20.4. The van der Waals surface area contributed by atoms with Crippen LogP contribution in [0, 0.1) is 10.1 Å². The minimum absolute atomic E-state index is 0.00693. The molecule has 0 spiro atoms. The number of hydrogen-bond acceptors (Lipinski definition) is 7. The van der Waals surface area contributed by atoms with Crippen molar-refractivity contribution < 1.29 is 28.7 Å². The Hall–Kier alpha value is -2.97. The van der Waals surface area contributed by atoms with Crippen LogP contribution in [0.2, 0.25) is 0 Å². The summed E-state index contributed by atoms with van der Waals surface area (Å²) in [4.78, 5) is 23.3. The summed E-state index contributed by atoms with van der Waals surface area (Å²) in [5.74, 6) is 0.00407. The van der Waals surface area contributed by atoms with Crippen molar-refractivity contribution in [2.24, 2.45) is 0 Å². The molecule has 0 radical (unpaired) electrons. The fourth-order valence-corrected chi connectivity index (χ4v) is 2.69. The van der Waals surface area contributed by atoms with Gasteiger partial charge in [0.05, 0.1) is 5.92 Å². The van der Waals surface area contributed by atoms with Crippen molar-refractivity contribution in [2.45, 2.75) is 12.3 Å². The van der Waals surface area contributed by atoms with Crippen LogP contribution >= 0.6 is 0 Å². The van der Waals surface area contributed by atoms with Crippen LogP contribution in [-0.2, 0) is 9.47 Å². The van der Waals surface area contributed by atoms with Crippen molar-refractivity contribution >= 4 is 5.78 Å². The standard InChI is InChI=1S/C20H23NO7/c1-25-13-27-19-9-8-16(11-20(19)28-14-26-2)17(12-21(23)24)10-18(22)15-6-4-3-5-7-15/h3-9,11,17H,10,12-14H2,1-2H3. The Labute approximate surface area is 163 Å². The van der Waals surface area contributed by atoms with Gasteiger partial charge in [-0.1, -0.05) is 36.4 Å². The second-order valence-corrected chi connectivity index (χ2v) is 6.01. The highest BCUT2D eigenvalue weighted by molar-refractivity contribution is 5.96. The molecule has 0 fully saturated rings. The molecule has 0 aliphatic rings. The number of nitrogens with zero attached hydrogens (tertiary/aromatic N) is 1. The third kappa shape index (κ3) is 6.33. The highest BCUT2D eigenvalue weighted by Crippen LogP contribution is 2.33. The molecule has 0 aliphatic carbocycles. The Morgan fingerprint density at radius 3 is 2.25 bits per heavy atom. The molecule has 1 unspecified atom stereocenters. The Bertz CT molecular complexity index is 779. The predicted molar refractivity (Wildman–Crippen MR) is 101 cm³/mol. The number of carbonyl (C=O) groups excluding carboxylic acids is 1. The lowest BCUT2D eigenvalue weighted by Gasteiger charge is -2.17.